The Labute approximate surface area is 185 Å². The lowest BCUT2D eigenvalue weighted by atomic mass is 10.0. The van der Waals surface area contributed by atoms with Crippen LogP contribution in [0.5, 0.6) is 0 Å². The summed E-state index contributed by atoms with van der Waals surface area (Å²) in [5.41, 5.74) is 4.12. The second-order valence-electron chi connectivity index (χ2n) is 7.68. The first-order valence-corrected chi connectivity index (χ1v) is 10.8. The smallest absolute Gasteiger partial charge is 0.382 e. The first kappa shape index (κ1) is 21.6. The summed E-state index contributed by atoms with van der Waals surface area (Å²) < 4.78 is 39.3. The van der Waals surface area contributed by atoms with Crippen LogP contribution in [0.15, 0.2) is 35.1 Å². The van der Waals surface area contributed by atoms with E-state index in [2.05, 4.69) is 36.6 Å². The Morgan fingerprint density at radius 2 is 2.06 bits per heavy atom. The van der Waals surface area contributed by atoms with Crippen LogP contribution in [-0.4, -0.2) is 39.3 Å². The molecule has 6 nitrogen and oxygen atoms in total. The van der Waals surface area contributed by atoms with Crippen molar-refractivity contribution in [2.24, 2.45) is 0 Å². The lowest BCUT2D eigenvalue weighted by Crippen LogP contribution is -2.26. The highest BCUT2D eigenvalue weighted by atomic mass is 79.9. The van der Waals surface area contributed by atoms with E-state index >= 15 is 0 Å². The zero-order valence-electron chi connectivity index (χ0n) is 16.8. The van der Waals surface area contributed by atoms with Crippen LogP contribution in [0.4, 0.5) is 18.9 Å². The molecule has 0 saturated heterocycles. The molecule has 0 bridgehead atoms. The third-order valence-corrected chi connectivity index (χ3v) is 5.46. The quantitative estimate of drug-likeness (QED) is 0.446. The Balaban J connectivity index is 1.58. The summed E-state index contributed by atoms with van der Waals surface area (Å²) in [6.07, 6.45) is -1.34. The Morgan fingerprint density at radius 3 is 2.74 bits per heavy atom. The molecule has 0 spiro atoms. The van der Waals surface area contributed by atoms with Crippen LogP contribution in [0.25, 0.3) is 16.9 Å². The first-order chi connectivity index (χ1) is 14.7. The standard InChI is InChI=1S/C21H21BrF3N5O/c1-12-9-13(3-6-15(12)20(31)28-14-4-5-14)17-11-27-19-16(10-18(22)29-30(17)19)26-8-2-7-21(23,24)25/h3,6,9-11,14,26H,2,4-5,7-8H2,1H3,(H,28,31). The van der Waals surface area contributed by atoms with E-state index in [-0.39, 0.29) is 24.9 Å². The van der Waals surface area contributed by atoms with E-state index in [9.17, 15) is 18.0 Å². The summed E-state index contributed by atoms with van der Waals surface area (Å²) in [5.74, 6) is -0.0732. The van der Waals surface area contributed by atoms with Crippen LogP contribution in [0.2, 0.25) is 0 Å². The van der Waals surface area contributed by atoms with Gasteiger partial charge in [-0.1, -0.05) is 6.07 Å². The molecule has 1 saturated carbocycles. The number of carbonyl (C=O) groups is 1. The lowest BCUT2D eigenvalue weighted by molar-refractivity contribution is -0.134. The molecular formula is C21H21BrF3N5O. The van der Waals surface area contributed by atoms with Gasteiger partial charge in [0.15, 0.2) is 5.65 Å². The summed E-state index contributed by atoms with van der Waals surface area (Å²) in [6.45, 7) is 2.04. The van der Waals surface area contributed by atoms with Crippen molar-refractivity contribution in [3.05, 3.63) is 46.2 Å². The molecule has 1 fully saturated rings. The van der Waals surface area contributed by atoms with Gasteiger partial charge in [-0.05, 0) is 65.9 Å². The molecular weight excluding hydrogens is 475 g/mol. The molecule has 0 aliphatic heterocycles. The average Bonchev–Trinajstić information content (AvgIpc) is 3.40. The van der Waals surface area contributed by atoms with Gasteiger partial charge in [-0.15, -0.1) is 0 Å². The van der Waals surface area contributed by atoms with Crippen molar-refractivity contribution in [3.8, 4) is 11.3 Å². The zero-order valence-corrected chi connectivity index (χ0v) is 18.3. The number of amides is 1. The van der Waals surface area contributed by atoms with Gasteiger partial charge >= 0.3 is 6.18 Å². The van der Waals surface area contributed by atoms with Crippen molar-refractivity contribution in [1.82, 2.24) is 19.9 Å². The Kier molecular flexibility index (Phi) is 5.92. The summed E-state index contributed by atoms with van der Waals surface area (Å²) >= 11 is 3.36. The maximum atomic E-state index is 12.4. The predicted octanol–water partition coefficient (Wildman–Crippen LogP) is 5.11. The minimum absolute atomic E-state index is 0.0350. The minimum Gasteiger partial charge on any atom is -0.382 e. The van der Waals surface area contributed by atoms with Gasteiger partial charge in [0.05, 0.1) is 17.6 Å². The molecule has 2 heterocycles. The number of nitrogens with zero attached hydrogens (tertiary/aromatic N) is 3. The van der Waals surface area contributed by atoms with E-state index in [1.165, 1.54) is 0 Å². The third-order valence-electron chi connectivity index (χ3n) is 5.07. The van der Waals surface area contributed by atoms with Gasteiger partial charge in [0.1, 0.15) is 4.60 Å². The molecule has 1 aliphatic rings. The number of benzene rings is 1. The van der Waals surface area contributed by atoms with Crippen molar-refractivity contribution in [2.75, 3.05) is 11.9 Å². The highest BCUT2D eigenvalue weighted by molar-refractivity contribution is 9.10. The number of anilines is 1. The number of aromatic nitrogens is 3. The SMILES string of the molecule is Cc1cc(-c2cnc3c(NCCCC(F)(F)F)cc(Br)nn23)ccc1C(=O)NC1CC1. The van der Waals surface area contributed by atoms with E-state index in [1.54, 1.807) is 22.8 Å². The molecule has 1 aliphatic carbocycles. The highest BCUT2D eigenvalue weighted by Gasteiger charge is 2.26. The fraction of sp³-hybridized carbons (Fsp3) is 0.381. The maximum Gasteiger partial charge on any atom is 0.389 e. The number of hydrogen-bond acceptors (Lipinski definition) is 4. The van der Waals surface area contributed by atoms with Gasteiger partial charge in [0.25, 0.3) is 5.91 Å². The molecule has 0 unspecified atom stereocenters. The number of carbonyl (C=O) groups excluding carboxylic acids is 1. The number of imidazole rings is 1. The number of rotatable bonds is 7. The number of fused-ring (bicyclic) bond motifs is 1. The van der Waals surface area contributed by atoms with E-state index in [1.807, 2.05) is 19.1 Å². The third kappa shape index (κ3) is 5.17. The van der Waals surface area contributed by atoms with Gasteiger partial charge < -0.3 is 10.6 Å². The number of halogens is 4. The van der Waals surface area contributed by atoms with Crippen molar-refractivity contribution in [2.45, 2.75) is 44.8 Å². The van der Waals surface area contributed by atoms with Gasteiger partial charge in [-0.2, -0.15) is 18.3 Å². The van der Waals surface area contributed by atoms with Crippen molar-refractivity contribution in [3.63, 3.8) is 0 Å². The number of aryl methyl sites for hydroxylation is 1. The van der Waals surface area contributed by atoms with Crippen LogP contribution in [0.1, 0.15) is 41.6 Å². The van der Waals surface area contributed by atoms with Crippen molar-refractivity contribution >= 4 is 33.2 Å². The molecule has 3 aromatic rings. The molecule has 164 valence electrons. The molecule has 1 aromatic carbocycles. The Hall–Kier alpha value is -2.62. The number of nitrogens with one attached hydrogen (secondary N) is 2. The van der Waals surface area contributed by atoms with Crippen LogP contribution in [-0.2, 0) is 0 Å². The molecule has 31 heavy (non-hydrogen) atoms. The zero-order chi connectivity index (χ0) is 22.2. The molecule has 0 atom stereocenters. The summed E-state index contributed by atoms with van der Waals surface area (Å²) in [5, 5.41) is 10.5. The minimum atomic E-state index is -4.17. The van der Waals surface area contributed by atoms with Crippen LogP contribution >= 0.6 is 15.9 Å². The summed E-state index contributed by atoms with van der Waals surface area (Å²) in [4.78, 5) is 16.8. The van der Waals surface area contributed by atoms with E-state index in [0.29, 0.717) is 27.2 Å². The normalized spacial score (nSPS) is 14.1. The first-order valence-electron chi connectivity index (χ1n) is 9.98. The molecule has 2 aromatic heterocycles. The van der Waals surface area contributed by atoms with Gasteiger partial charge in [0, 0.05) is 30.1 Å². The largest absolute Gasteiger partial charge is 0.389 e. The molecule has 1 amide bonds. The van der Waals surface area contributed by atoms with Crippen LogP contribution in [0, 0.1) is 6.92 Å². The van der Waals surface area contributed by atoms with Crippen LogP contribution in [0.3, 0.4) is 0 Å². The molecule has 2 N–H and O–H groups in total. The second-order valence-corrected chi connectivity index (χ2v) is 8.50. The number of hydrogen-bond donors (Lipinski definition) is 2. The fourth-order valence-electron chi connectivity index (χ4n) is 3.35. The van der Waals surface area contributed by atoms with Gasteiger partial charge in [-0.3, -0.25) is 4.79 Å². The fourth-order valence-corrected chi connectivity index (χ4v) is 3.73. The van der Waals surface area contributed by atoms with E-state index in [0.717, 1.165) is 24.0 Å². The maximum absolute atomic E-state index is 12.4. The second kappa shape index (κ2) is 8.49. The molecule has 4 rings (SSSR count). The Morgan fingerprint density at radius 1 is 1.29 bits per heavy atom. The Bertz CT molecular complexity index is 1120. The topological polar surface area (TPSA) is 71.3 Å². The predicted molar refractivity (Wildman–Crippen MR) is 115 cm³/mol. The van der Waals surface area contributed by atoms with Crippen LogP contribution < -0.4 is 10.6 Å². The number of alkyl halides is 3. The highest BCUT2D eigenvalue weighted by Crippen LogP contribution is 2.28. The summed E-state index contributed by atoms with van der Waals surface area (Å²) in [7, 11) is 0. The van der Waals surface area contributed by atoms with E-state index in [4.69, 9.17) is 0 Å². The monoisotopic (exact) mass is 495 g/mol. The summed E-state index contributed by atoms with van der Waals surface area (Å²) in [6, 6.07) is 7.52. The molecule has 0 radical (unpaired) electrons. The van der Waals surface area contributed by atoms with Gasteiger partial charge in [-0.25, -0.2) is 9.50 Å². The molecule has 10 heteroatoms. The van der Waals surface area contributed by atoms with Gasteiger partial charge in [0.2, 0.25) is 0 Å². The van der Waals surface area contributed by atoms with E-state index < -0.39 is 12.6 Å². The van der Waals surface area contributed by atoms with Crippen molar-refractivity contribution in [1.29, 1.82) is 0 Å². The van der Waals surface area contributed by atoms with Crippen molar-refractivity contribution < 1.29 is 18.0 Å². The average molecular weight is 496 g/mol. The lowest BCUT2D eigenvalue weighted by Gasteiger charge is -2.11.